The van der Waals surface area contributed by atoms with Gasteiger partial charge in [0.25, 0.3) is 0 Å². The first-order chi connectivity index (χ1) is 7.53. The summed E-state index contributed by atoms with van der Waals surface area (Å²) in [5, 5.41) is 11.5. The fourth-order valence-corrected chi connectivity index (χ4v) is 2.73. The molecular weight excluding hydrogens is 245 g/mol. The Hall–Kier alpha value is -0.280. The van der Waals surface area contributed by atoms with E-state index in [1.54, 1.807) is 6.07 Å². The van der Waals surface area contributed by atoms with Crippen LogP contribution < -0.4 is 5.73 Å². The molecule has 1 aromatic rings. The second-order valence-corrected chi connectivity index (χ2v) is 5.26. The van der Waals surface area contributed by atoms with Gasteiger partial charge in [-0.15, -0.1) is 0 Å². The number of benzene rings is 1. The van der Waals surface area contributed by atoms with Crippen molar-refractivity contribution in [3.8, 4) is 0 Å². The van der Waals surface area contributed by atoms with E-state index >= 15 is 0 Å². The van der Waals surface area contributed by atoms with Crippen molar-refractivity contribution in [3.63, 3.8) is 0 Å². The van der Waals surface area contributed by atoms with Crippen molar-refractivity contribution in [3.05, 3.63) is 33.8 Å². The molecule has 0 radical (unpaired) electrons. The molecule has 2 nitrogen and oxygen atoms in total. The summed E-state index contributed by atoms with van der Waals surface area (Å²) in [4.78, 5) is 0. The minimum absolute atomic E-state index is 0.193. The molecule has 0 amide bonds. The normalized spacial score (nSPS) is 30.4. The topological polar surface area (TPSA) is 46.2 Å². The van der Waals surface area contributed by atoms with Crippen LogP contribution in [0.2, 0.25) is 10.0 Å². The van der Waals surface area contributed by atoms with Gasteiger partial charge in [0.1, 0.15) is 0 Å². The van der Waals surface area contributed by atoms with E-state index in [-0.39, 0.29) is 6.04 Å². The van der Waals surface area contributed by atoms with Crippen molar-refractivity contribution in [2.24, 2.45) is 5.73 Å². The van der Waals surface area contributed by atoms with E-state index in [2.05, 4.69) is 0 Å². The third kappa shape index (κ3) is 2.21. The van der Waals surface area contributed by atoms with Crippen LogP contribution in [0.25, 0.3) is 0 Å². The van der Waals surface area contributed by atoms with Gasteiger partial charge in [0, 0.05) is 11.6 Å². The molecule has 0 saturated heterocycles. The number of aliphatic hydroxyl groups is 1. The first kappa shape index (κ1) is 12.2. The minimum Gasteiger partial charge on any atom is -0.385 e. The van der Waals surface area contributed by atoms with Crippen LogP contribution in [0.1, 0.15) is 31.2 Å². The average Bonchev–Trinajstić information content (AvgIpc) is 2.27. The highest BCUT2D eigenvalue weighted by Crippen LogP contribution is 2.41. The van der Waals surface area contributed by atoms with E-state index < -0.39 is 5.60 Å². The smallest absolute Gasteiger partial charge is 0.0912 e. The Morgan fingerprint density at radius 2 is 1.88 bits per heavy atom. The van der Waals surface area contributed by atoms with E-state index in [4.69, 9.17) is 28.9 Å². The van der Waals surface area contributed by atoms with Crippen molar-refractivity contribution < 1.29 is 5.11 Å². The Kier molecular flexibility index (Phi) is 3.45. The van der Waals surface area contributed by atoms with Gasteiger partial charge in [-0.1, -0.05) is 35.3 Å². The molecule has 2 rings (SSSR count). The minimum atomic E-state index is -0.863. The highest BCUT2D eigenvalue weighted by Gasteiger charge is 2.35. The van der Waals surface area contributed by atoms with Gasteiger partial charge in [0.2, 0.25) is 0 Å². The van der Waals surface area contributed by atoms with Crippen molar-refractivity contribution >= 4 is 23.2 Å². The number of nitrogens with two attached hydrogens (primary N) is 1. The molecule has 0 atom stereocenters. The summed E-state index contributed by atoms with van der Waals surface area (Å²) in [5.74, 6) is 0. The zero-order valence-electron chi connectivity index (χ0n) is 8.92. The second kappa shape index (κ2) is 4.53. The molecule has 1 saturated carbocycles. The van der Waals surface area contributed by atoms with Crippen molar-refractivity contribution in [1.29, 1.82) is 0 Å². The van der Waals surface area contributed by atoms with E-state index in [0.717, 1.165) is 18.4 Å². The van der Waals surface area contributed by atoms with Crippen LogP contribution in [0.3, 0.4) is 0 Å². The summed E-state index contributed by atoms with van der Waals surface area (Å²) in [6, 6.07) is 5.57. The Bertz CT molecular complexity index is 387. The van der Waals surface area contributed by atoms with Crippen LogP contribution >= 0.6 is 23.2 Å². The molecule has 4 heteroatoms. The first-order valence-corrected chi connectivity index (χ1v) is 6.21. The van der Waals surface area contributed by atoms with Crippen LogP contribution in [0, 0.1) is 0 Å². The summed E-state index contributed by atoms with van der Waals surface area (Å²) in [6.07, 6.45) is 2.93. The Labute approximate surface area is 105 Å². The van der Waals surface area contributed by atoms with Crippen LogP contribution in [-0.4, -0.2) is 11.1 Å². The summed E-state index contributed by atoms with van der Waals surface area (Å²) >= 11 is 12.1. The lowest BCUT2D eigenvalue weighted by Crippen LogP contribution is -2.37. The fourth-order valence-electron chi connectivity index (χ4n) is 2.25. The molecule has 3 N–H and O–H groups in total. The monoisotopic (exact) mass is 259 g/mol. The van der Waals surface area contributed by atoms with Crippen LogP contribution in [0.4, 0.5) is 0 Å². The van der Waals surface area contributed by atoms with Crippen molar-refractivity contribution in [2.75, 3.05) is 0 Å². The molecule has 0 unspecified atom stereocenters. The lowest BCUT2D eigenvalue weighted by atomic mass is 9.78. The largest absolute Gasteiger partial charge is 0.385 e. The van der Waals surface area contributed by atoms with Crippen LogP contribution in [0.15, 0.2) is 18.2 Å². The summed E-state index contributed by atoms with van der Waals surface area (Å²) in [5.41, 5.74) is 5.70. The Morgan fingerprint density at radius 1 is 1.25 bits per heavy atom. The SMILES string of the molecule is NC1CCC(O)(c2cccc(Cl)c2Cl)CC1. The molecule has 0 aliphatic heterocycles. The van der Waals surface area contributed by atoms with Gasteiger partial charge in [0.05, 0.1) is 15.6 Å². The van der Waals surface area contributed by atoms with Crippen LogP contribution in [-0.2, 0) is 5.60 Å². The highest BCUT2D eigenvalue weighted by molar-refractivity contribution is 6.42. The zero-order valence-corrected chi connectivity index (χ0v) is 10.4. The summed E-state index contributed by atoms with van der Waals surface area (Å²) in [6.45, 7) is 0. The van der Waals surface area contributed by atoms with Crippen molar-refractivity contribution in [2.45, 2.75) is 37.3 Å². The third-order valence-electron chi connectivity index (χ3n) is 3.31. The molecule has 88 valence electrons. The van der Waals surface area contributed by atoms with Gasteiger partial charge >= 0.3 is 0 Å². The quantitative estimate of drug-likeness (QED) is 0.815. The standard InChI is InChI=1S/C12H15Cl2NO/c13-10-3-1-2-9(11(10)14)12(16)6-4-8(15)5-7-12/h1-3,8,16H,4-7,15H2. The maximum absolute atomic E-state index is 10.6. The van der Waals surface area contributed by atoms with Gasteiger partial charge in [-0.25, -0.2) is 0 Å². The average molecular weight is 260 g/mol. The second-order valence-electron chi connectivity index (χ2n) is 4.47. The molecule has 1 aliphatic carbocycles. The lowest BCUT2D eigenvalue weighted by molar-refractivity contribution is -0.00485. The summed E-state index contributed by atoms with van der Waals surface area (Å²) in [7, 11) is 0. The molecule has 0 spiro atoms. The molecule has 0 heterocycles. The number of rotatable bonds is 1. The number of halogens is 2. The highest BCUT2D eigenvalue weighted by atomic mass is 35.5. The molecule has 1 fully saturated rings. The number of hydrogen-bond acceptors (Lipinski definition) is 2. The predicted molar refractivity (Wildman–Crippen MR) is 66.8 cm³/mol. The van der Waals surface area contributed by atoms with Gasteiger partial charge in [-0.2, -0.15) is 0 Å². The molecule has 0 aromatic heterocycles. The zero-order chi connectivity index (χ0) is 11.8. The van der Waals surface area contributed by atoms with E-state index in [1.165, 1.54) is 0 Å². The van der Waals surface area contributed by atoms with E-state index in [0.29, 0.717) is 22.9 Å². The maximum Gasteiger partial charge on any atom is 0.0912 e. The van der Waals surface area contributed by atoms with Gasteiger partial charge in [-0.3, -0.25) is 0 Å². The Morgan fingerprint density at radius 3 is 2.50 bits per heavy atom. The van der Waals surface area contributed by atoms with Crippen LogP contribution in [0.5, 0.6) is 0 Å². The van der Waals surface area contributed by atoms with E-state index in [1.807, 2.05) is 12.1 Å². The molecule has 0 bridgehead atoms. The molecule has 1 aromatic carbocycles. The third-order valence-corrected chi connectivity index (χ3v) is 4.13. The lowest BCUT2D eigenvalue weighted by Gasteiger charge is -2.35. The fraction of sp³-hybridized carbons (Fsp3) is 0.500. The number of hydrogen-bond donors (Lipinski definition) is 2. The summed E-state index contributed by atoms with van der Waals surface area (Å²) < 4.78 is 0. The molecular formula is C12H15Cl2NO. The van der Waals surface area contributed by atoms with Gasteiger partial charge < -0.3 is 10.8 Å². The van der Waals surface area contributed by atoms with Crippen molar-refractivity contribution in [1.82, 2.24) is 0 Å². The molecule has 1 aliphatic rings. The van der Waals surface area contributed by atoms with Gasteiger partial charge in [0.15, 0.2) is 0 Å². The molecule has 16 heavy (non-hydrogen) atoms. The van der Waals surface area contributed by atoms with Gasteiger partial charge in [-0.05, 0) is 31.7 Å². The van der Waals surface area contributed by atoms with E-state index in [9.17, 15) is 5.11 Å². The first-order valence-electron chi connectivity index (χ1n) is 5.45. The maximum atomic E-state index is 10.6. The predicted octanol–water partition coefficient (Wildman–Crippen LogP) is 3.08. The Balaban J connectivity index is 2.32.